The number of aromatic nitrogens is 4. The zero-order chi connectivity index (χ0) is 23.7. The van der Waals surface area contributed by atoms with Gasteiger partial charge in [0.25, 0.3) is 0 Å². The Kier molecular flexibility index (Phi) is 5.77. The first-order valence-corrected chi connectivity index (χ1v) is 11.1. The molecule has 0 radical (unpaired) electrons. The van der Waals surface area contributed by atoms with Gasteiger partial charge < -0.3 is 4.42 Å². The van der Waals surface area contributed by atoms with Crippen LogP contribution in [0.5, 0.6) is 0 Å². The third-order valence-electron chi connectivity index (χ3n) is 6.06. The van der Waals surface area contributed by atoms with Crippen LogP contribution in [0.1, 0.15) is 34.1 Å². The van der Waals surface area contributed by atoms with Gasteiger partial charge in [0.1, 0.15) is 5.58 Å². The molecule has 0 aliphatic heterocycles. The van der Waals surface area contributed by atoms with Crippen LogP contribution in [0.3, 0.4) is 0 Å². The van der Waals surface area contributed by atoms with Crippen molar-refractivity contribution in [3.63, 3.8) is 0 Å². The second-order valence-corrected chi connectivity index (χ2v) is 8.55. The van der Waals surface area contributed by atoms with Crippen molar-refractivity contribution in [1.29, 1.82) is 0 Å². The Morgan fingerprint density at radius 1 is 1.00 bits per heavy atom. The standard InChI is InChI=1S/C27H25N5O2/c1-18-13-14-24-22(15-18)26(33)21(17-34-24)16-31(3)25(20-10-5-4-6-11-20)27-28-29-30-32(27)23-12-8-7-9-19(23)2/h4-15,17,25H,16H2,1-3H3. The van der Waals surface area contributed by atoms with Crippen LogP contribution in [-0.2, 0) is 6.54 Å². The minimum atomic E-state index is -0.289. The molecule has 170 valence electrons. The molecular weight excluding hydrogens is 426 g/mol. The molecule has 0 fully saturated rings. The Balaban J connectivity index is 1.58. The molecule has 0 N–H and O–H groups in total. The summed E-state index contributed by atoms with van der Waals surface area (Å²) in [4.78, 5) is 15.3. The van der Waals surface area contributed by atoms with E-state index in [1.807, 2.05) is 93.7 Å². The first-order valence-electron chi connectivity index (χ1n) is 11.1. The van der Waals surface area contributed by atoms with Gasteiger partial charge in [0.2, 0.25) is 0 Å². The normalized spacial score (nSPS) is 12.4. The van der Waals surface area contributed by atoms with Crippen molar-refractivity contribution in [2.45, 2.75) is 26.4 Å². The van der Waals surface area contributed by atoms with E-state index in [-0.39, 0.29) is 11.5 Å². The Morgan fingerprint density at radius 3 is 2.56 bits per heavy atom. The highest BCUT2D eigenvalue weighted by molar-refractivity contribution is 5.77. The third-order valence-corrected chi connectivity index (χ3v) is 6.06. The summed E-state index contributed by atoms with van der Waals surface area (Å²) in [5, 5.41) is 13.3. The van der Waals surface area contributed by atoms with Gasteiger partial charge in [-0.1, -0.05) is 60.2 Å². The van der Waals surface area contributed by atoms with Crippen molar-refractivity contribution in [3.8, 4) is 5.69 Å². The highest BCUT2D eigenvalue weighted by Crippen LogP contribution is 2.29. The van der Waals surface area contributed by atoms with Crippen LogP contribution in [-0.4, -0.2) is 32.2 Å². The van der Waals surface area contributed by atoms with Crippen LogP contribution >= 0.6 is 0 Å². The lowest BCUT2D eigenvalue weighted by atomic mass is 10.0. The van der Waals surface area contributed by atoms with Gasteiger partial charge in [-0.3, -0.25) is 9.69 Å². The predicted molar refractivity (Wildman–Crippen MR) is 131 cm³/mol. The molecule has 2 heterocycles. The monoisotopic (exact) mass is 451 g/mol. The number of hydrogen-bond donors (Lipinski definition) is 0. The molecular formula is C27H25N5O2. The van der Waals surface area contributed by atoms with Crippen LogP contribution < -0.4 is 5.43 Å². The van der Waals surface area contributed by atoms with E-state index >= 15 is 0 Å². The maximum atomic E-state index is 13.3. The van der Waals surface area contributed by atoms with Gasteiger partial charge in [0.15, 0.2) is 11.3 Å². The first kappa shape index (κ1) is 21.7. The summed E-state index contributed by atoms with van der Waals surface area (Å²) in [6, 6.07) is 23.4. The number of tetrazole rings is 1. The van der Waals surface area contributed by atoms with Gasteiger partial charge >= 0.3 is 0 Å². The lowest BCUT2D eigenvalue weighted by Gasteiger charge is -2.27. The zero-order valence-electron chi connectivity index (χ0n) is 19.3. The van der Waals surface area contributed by atoms with Crippen LogP contribution in [0.25, 0.3) is 16.7 Å². The van der Waals surface area contributed by atoms with Crippen LogP contribution in [0, 0.1) is 13.8 Å². The second kappa shape index (κ2) is 9.03. The Hall–Kier alpha value is -4.10. The summed E-state index contributed by atoms with van der Waals surface area (Å²) in [7, 11) is 1.97. The Labute approximate surface area is 197 Å². The number of benzene rings is 3. The molecule has 7 nitrogen and oxygen atoms in total. The Morgan fingerprint density at radius 2 is 1.76 bits per heavy atom. The molecule has 2 aromatic heterocycles. The topological polar surface area (TPSA) is 77.1 Å². The molecule has 0 bridgehead atoms. The van der Waals surface area contributed by atoms with Gasteiger partial charge in [-0.15, -0.1) is 5.10 Å². The average molecular weight is 452 g/mol. The molecule has 0 saturated carbocycles. The second-order valence-electron chi connectivity index (χ2n) is 8.55. The maximum absolute atomic E-state index is 13.3. The van der Waals surface area contributed by atoms with E-state index in [9.17, 15) is 4.79 Å². The van der Waals surface area contributed by atoms with E-state index in [0.29, 0.717) is 28.9 Å². The molecule has 0 saturated heterocycles. The van der Waals surface area contributed by atoms with Crippen molar-refractivity contribution in [2.24, 2.45) is 0 Å². The fourth-order valence-electron chi connectivity index (χ4n) is 4.33. The quantitative estimate of drug-likeness (QED) is 0.375. The number of rotatable bonds is 6. The first-order chi connectivity index (χ1) is 16.5. The van der Waals surface area contributed by atoms with Crippen LogP contribution in [0.15, 0.2) is 88.3 Å². The number of hydrogen-bond acceptors (Lipinski definition) is 6. The summed E-state index contributed by atoms with van der Waals surface area (Å²) in [6.07, 6.45) is 1.56. The van der Waals surface area contributed by atoms with E-state index in [2.05, 4.69) is 20.4 Å². The zero-order valence-corrected chi connectivity index (χ0v) is 19.3. The van der Waals surface area contributed by atoms with E-state index < -0.39 is 0 Å². The fourth-order valence-corrected chi connectivity index (χ4v) is 4.33. The number of nitrogens with zero attached hydrogens (tertiary/aromatic N) is 5. The molecule has 5 aromatic rings. The molecule has 0 aliphatic carbocycles. The lowest BCUT2D eigenvalue weighted by molar-refractivity contribution is 0.256. The molecule has 1 unspecified atom stereocenters. The number of aryl methyl sites for hydroxylation is 2. The van der Waals surface area contributed by atoms with Crippen molar-refractivity contribution >= 4 is 11.0 Å². The molecule has 7 heteroatoms. The number of fused-ring (bicyclic) bond motifs is 1. The lowest BCUT2D eigenvalue weighted by Crippen LogP contribution is -2.30. The molecule has 0 amide bonds. The molecule has 1 atom stereocenters. The molecule has 0 aliphatic rings. The average Bonchev–Trinajstić information content (AvgIpc) is 3.31. The largest absolute Gasteiger partial charge is 0.464 e. The van der Waals surface area contributed by atoms with Crippen molar-refractivity contribution < 1.29 is 4.42 Å². The van der Waals surface area contributed by atoms with E-state index in [4.69, 9.17) is 4.42 Å². The Bertz CT molecular complexity index is 1510. The van der Waals surface area contributed by atoms with E-state index in [1.54, 1.807) is 10.9 Å². The molecule has 34 heavy (non-hydrogen) atoms. The van der Waals surface area contributed by atoms with Gasteiger partial charge in [0.05, 0.1) is 23.4 Å². The SMILES string of the molecule is Cc1ccc2occ(CN(C)C(c3ccccc3)c3nnnn3-c3ccccc3C)c(=O)c2c1. The summed E-state index contributed by atoms with van der Waals surface area (Å²) in [5.41, 5.74) is 5.16. The highest BCUT2D eigenvalue weighted by Gasteiger charge is 2.27. The summed E-state index contributed by atoms with van der Waals surface area (Å²) in [5.74, 6) is 0.670. The minimum Gasteiger partial charge on any atom is -0.464 e. The van der Waals surface area contributed by atoms with Crippen molar-refractivity contribution in [3.05, 3.63) is 117 Å². The number of para-hydroxylation sites is 1. The summed E-state index contributed by atoms with van der Waals surface area (Å²) >= 11 is 0. The maximum Gasteiger partial charge on any atom is 0.197 e. The molecule has 3 aromatic carbocycles. The van der Waals surface area contributed by atoms with E-state index in [0.717, 1.165) is 22.4 Å². The third kappa shape index (κ3) is 4.02. The summed E-state index contributed by atoms with van der Waals surface area (Å²) in [6.45, 7) is 4.37. The van der Waals surface area contributed by atoms with Crippen LogP contribution in [0.2, 0.25) is 0 Å². The smallest absolute Gasteiger partial charge is 0.197 e. The van der Waals surface area contributed by atoms with Crippen molar-refractivity contribution in [1.82, 2.24) is 25.1 Å². The predicted octanol–water partition coefficient (Wildman–Crippen LogP) is 4.61. The van der Waals surface area contributed by atoms with E-state index in [1.165, 1.54) is 0 Å². The minimum absolute atomic E-state index is 0.0258. The van der Waals surface area contributed by atoms with Gasteiger partial charge in [0, 0.05) is 12.1 Å². The highest BCUT2D eigenvalue weighted by atomic mass is 16.3. The van der Waals surface area contributed by atoms with Gasteiger partial charge in [-0.25, -0.2) is 0 Å². The van der Waals surface area contributed by atoms with Crippen LogP contribution in [0.4, 0.5) is 0 Å². The van der Waals surface area contributed by atoms with Gasteiger partial charge in [-0.05, 0) is 60.6 Å². The van der Waals surface area contributed by atoms with Gasteiger partial charge in [-0.2, -0.15) is 4.68 Å². The summed E-state index contributed by atoms with van der Waals surface area (Å²) < 4.78 is 7.57. The van der Waals surface area contributed by atoms with Crippen molar-refractivity contribution in [2.75, 3.05) is 7.05 Å². The fraction of sp³-hybridized carbons (Fsp3) is 0.185. The molecule has 5 rings (SSSR count). The molecule has 0 spiro atoms.